The second kappa shape index (κ2) is 6.28. The minimum Gasteiger partial charge on any atom is -0.370 e. The molecule has 1 fully saturated rings. The molecule has 0 saturated carbocycles. The molecule has 3 nitrogen and oxygen atoms in total. The van der Waals surface area contributed by atoms with Crippen LogP contribution in [0.1, 0.15) is 12.8 Å². The molecule has 1 aromatic heterocycles. The number of fused-ring (bicyclic) bond motifs is 1. The Morgan fingerprint density at radius 3 is 3.10 bits per heavy atom. The van der Waals surface area contributed by atoms with E-state index in [0.717, 1.165) is 24.3 Å². The van der Waals surface area contributed by atoms with Gasteiger partial charge in [0.2, 0.25) is 0 Å². The maximum atomic E-state index is 13.6. The summed E-state index contributed by atoms with van der Waals surface area (Å²) in [5.41, 5.74) is 0.682. The van der Waals surface area contributed by atoms with E-state index < -0.39 is 0 Å². The Hall–Kier alpha value is -1.20. The molecule has 1 aliphatic heterocycles. The van der Waals surface area contributed by atoms with Crippen molar-refractivity contribution < 1.29 is 4.39 Å². The average molecular weight is 352 g/mol. The molecule has 1 unspecified atom stereocenters. The Kier molecular flexibility index (Phi) is 4.40. The fourth-order valence-electron chi connectivity index (χ4n) is 2.90. The number of halogens is 2. The number of nitrogens with zero attached hydrogens (tertiary/aromatic N) is 2. The summed E-state index contributed by atoms with van der Waals surface area (Å²) in [5, 5.41) is 4.33. The van der Waals surface area contributed by atoms with E-state index in [1.165, 1.54) is 25.5 Å². The minimum atomic E-state index is -0.277. The zero-order valence-corrected chi connectivity index (χ0v) is 13.7. The van der Waals surface area contributed by atoms with E-state index in [9.17, 15) is 4.39 Å². The van der Waals surface area contributed by atoms with Gasteiger partial charge in [0.15, 0.2) is 0 Å². The maximum absolute atomic E-state index is 13.6. The fraction of sp³-hybridized carbons (Fsp3) is 0.438. The molecule has 5 heteroatoms. The number of nitrogens with one attached hydrogen (secondary N) is 1. The second-order valence-electron chi connectivity index (χ2n) is 5.81. The van der Waals surface area contributed by atoms with Crippen LogP contribution in [0.15, 0.2) is 28.7 Å². The van der Waals surface area contributed by atoms with Gasteiger partial charge in [-0.25, -0.2) is 9.37 Å². The molecule has 21 heavy (non-hydrogen) atoms. The van der Waals surface area contributed by atoms with Crippen LogP contribution in [0, 0.1) is 11.7 Å². The summed E-state index contributed by atoms with van der Waals surface area (Å²) in [4.78, 5) is 6.87. The van der Waals surface area contributed by atoms with Crippen molar-refractivity contribution in [2.75, 3.05) is 32.0 Å². The van der Waals surface area contributed by atoms with Crippen LogP contribution in [0.2, 0.25) is 0 Å². The van der Waals surface area contributed by atoms with Gasteiger partial charge in [-0.15, -0.1) is 0 Å². The third-order valence-electron chi connectivity index (χ3n) is 4.03. The van der Waals surface area contributed by atoms with Gasteiger partial charge in [-0.2, -0.15) is 0 Å². The van der Waals surface area contributed by atoms with Gasteiger partial charge in [0.25, 0.3) is 0 Å². The molecule has 1 atom stereocenters. The zero-order chi connectivity index (χ0) is 14.8. The largest absolute Gasteiger partial charge is 0.370 e. The van der Waals surface area contributed by atoms with Crippen LogP contribution in [0.3, 0.4) is 0 Å². The highest BCUT2D eigenvalue weighted by molar-refractivity contribution is 9.10. The minimum absolute atomic E-state index is 0.277. The quantitative estimate of drug-likeness (QED) is 0.909. The summed E-state index contributed by atoms with van der Waals surface area (Å²) >= 11 is 3.20. The van der Waals surface area contributed by atoms with E-state index in [4.69, 9.17) is 0 Å². The van der Waals surface area contributed by atoms with Gasteiger partial charge in [-0.1, -0.05) is 0 Å². The molecule has 0 bridgehead atoms. The summed E-state index contributed by atoms with van der Waals surface area (Å²) in [6.07, 6.45) is 2.51. The van der Waals surface area contributed by atoms with Gasteiger partial charge in [-0.3, -0.25) is 0 Å². The molecule has 0 spiro atoms. The highest BCUT2D eigenvalue weighted by Gasteiger charge is 2.16. The summed E-state index contributed by atoms with van der Waals surface area (Å²) in [7, 11) is 2.17. The van der Waals surface area contributed by atoms with Gasteiger partial charge in [-0.05, 0) is 66.5 Å². The predicted molar refractivity (Wildman–Crippen MR) is 88.1 cm³/mol. The standard InChI is InChI=1S/C16H19BrFN3/c1-21-6-2-3-11(10-21)9-19-16-5-4-12-7-13(17)14(18)8-15(12)20-16/h4-5,7-8,11H,2-3,6,9-10H2,1H3,(H,19,20). The summed E-state index contributed by atoms with van der Waals surface area (Å²) in [6.45, 7) is 3.24. The van der Waals surface area contributed by atoms with Gasteiger partial charge >= 0.3 is 0 Å². The normalized spacial score (nSPS) is 19.9. The monoisotopic (exact) mass is 351 g/mol. The zero-order valence-electron chi connectivity index (χ0n) is 12.1. The van der Waals surface area contributed by atoms with Crippen LogP contribution in [-0.2, 0) is 0 Å². The third-order valence-corrected chi connectivity index (χ3v) is 4.63. The number of hydrogen-bond donors (Lipinski definition) is 1. The molecule has 112 valence electrons. The highest BCUT2D eigenvalue weighted by atomic mass is 79.9. The SMILES string of the molecule is CN1CCCC(CNc2ccc3cc(Br)c(F)cc3n2)C1. The van der Waals surface area contributed by atoms with E-state index in [0.29, 0.717) is 15.9 Å². The molecule has 2 aromatic rings. The molecule has 1 N–H and O–H groups in total. The van der Waals surface area contributed by atoms with Gasteiger partial charge in [0, 0.05) is 24.5 Å². The summed E-state index contributed by atoms with van der Waals surface area (Å²) in [6, 6.07) is 7.16. The van der Waals surface area contributed by atoms with Gasteiger partial charge in [0.05, 0.1) is 9.99 Å². The van der Waals surface area contributed by atoms with Crippen molar-refractivity contribution in [2.45, 2.75) is 12.8 Å². The summed E-state index contributed by atoms with van der Waals surface area (Å²) in [5.74, 6) is 1.20. The van der Waals surface area contributed by atoms with Crippen LogP contribution in [0.25, 0.3) is 10.9 Å². The van der Waals surface area contributed by atoms with Crippen LogP contribution in [0.4, 0.5) is 10.2 Å². The number of rotatable bonds is 3. The molecule has 0 aliphatic carbocycles. The van der Waals surface area contributed by atoms with Crippen LogP contribution >= 0.6 is 15.9 Å². The third kappa shape index (κ3) is 3.52. The Bertz CT molecular complexity index is 647. The Labute approximate surface area is 132 Å². The van der Waals surface area contributed by atoms with Crippen LogP contribution in [0.5, 0.6) is 0 Å². The molecular weight excluding hydrogens is 333 g/mol. The fourth-order valence-corrected chi connectivity index (χ4v) is 3.27. The molecule has 1 aliphatic rings. The first-order chi connectivity index (χ1) is 10.1. The topological polar surface area (TPSA) is 28.2 Å². The first-order valence-electron chi connectivity index (χ1n) is 7.30. The Morgan fingerprint density at radius 2 is 2.29 bits per heavy atom. The van der Waals surface area contributed by atoms with Crippen molar-refractivity contribution in [1.82, 2.24) is 9.88 Å². The van der Waals surface area contributed by atoms with E-state index in [2.05, 4.69) is 38.2 Å². The lowest BCUT2D eigenvalue weighted by molar-refractivity contribution is 0.217. The number of aromatic nitrogens is 1. The number of benzene rings is 1. The maximum Gasteiger partial charge on any atom is 0.139 e. The van der Waals surface area contributed by atoms with E-state index in [1.807, 2.05) is 12.1 Å². The second-order valence-corrected chi connectivity index (χ2v) is 6.66. The first-order valence-corrected chi connectivity index (χ1v) is 8.09. The van der Waals surface area contributed by atoms with Crippen molar-refractivity contribution in [2.24, 2.45) is 5.92 Å². The molecule has 0 radical (unpaired) electrons. The number of anilines is 1. The predicted octanol–water partition coefficient (Wildman–Crippen LogP) is 3.89. The van der Waals surface area contributed by atoms with Crippen molar-refractivity contribution in [3.05, 3.63) is 34.6 Å². The van der Waals surface area contributed by atoms with Crippen molar-refractivity contribution in [1.29, 1.82) is 0 Å². The molecule has 3 rings (SSSR count). The van der Waals surface area contributed by atoms with Crippen molar-refractivity contribution in [3.63, 3.8) is 0 Å². The number of likely N-dealkylation sites (tertiary alicyclic amines) is 1. The molecular formula is C16H19BrFN3. The molecule has 1 saturated heterocycles. The Morgan fingerprint density at radius 1 is 1.43 bits per heavy atom. The van der Waals surface area contributed by atoms with E-state index >= 15 is 0 Å². The smallest absolute Gasteiger partial charge is 0.139 e. The molecule has 2 heterocycles. The van der Waals surface area contributed by atoms with E-state index in [1.54, 1.807) is 6.07 Å². The lowest BCUT2D eigenvalue weighted by atomic mass is 9.98. The van der Waals surface area contributed by atoms with Crippen molar-refractivity contribution >= 4 is 32.7 Å². The van der Waals surface area contributed by atoms with E-state index in [-0.39, 0.29) is 5.82 Å². The lowest BCUT2D eigenvalue weighted by Crippen LogP contribution is -2.35. The van der Waals surface area contributed by atoms with Crippen LogP contribution < -0.4 is 5.32 Å². The lowest BCUT2D eigenvalue weighted by Gasteiger charge is -2.29. The number of piperidine rings is 1. The first kappa shape index (κ1) is 14.7. The molecule has 0 amide bonds. The average Bonchev–Trinajstić information content (AvgIpc) is 2.46. The van der Waals surface area contributed by atoms with Crippen molar-refractivity contribution in [3.8, 4) is 0 Å². The van der Waals surface area contributed by atoms with Gasteiger partial charge < -0.3 is 10.2 Å². The summed E-state index contributed by atoms with van der Waals surface area (Å²) < 4.78 is 14.1. The highest BCUT2D eigenvalue weighted by Crippen LogP contribution is 2.24. The van der Waals surface area contributed by atoms with Gasteiger partial charge in [0.1, 0.15) is 11.6 Å². The number of hydrogen-bond acceptors (Lipinski definition) is 3. The Balaban J connectivity index is 1.71. The molecule has 1 aromatic carbocycles. The van der Waals surface area contributed by atoms with Crippen LogP contribution in [-0.4, -0.2) is 36.6 Å². The number of pyridine rings is 1.